The molecule has 4 rings (SSSR count). The Hall–Kier alpha value is -3.02. The van der Waals surface area contributed by atoms with Crippen LogP contribution in [0.1, 0.15) is 5.56 Å². The van der Waals surface area contributed by atoms with Crippen molar-refractivity contribution in [2.24, 2.45) is 0 Å². The van der Waals surface area contributed by atoms with Crippen LogP contribution in [0, 0.1) is 0 Å². The van der Waals surface area contributed by atoms with Gasteiger partial charge in [-0.25, -0.2) is 8.42 Å². The molecule has 0 spiro atoms. The van der Waals surface area contributed by atoms with Crippen molar-refractivity contribution < 1.29 is 23.1 Å². The van der Waals surface area contributed by atoms with E-state index in [9.17, 15) is 18.3 Å². The van der Waals surface area contributed by atoms with Gasteiger partial charge in [0.1, 0.15) is 22.5 Å². The lowest BCUT2D eigenvalue weighted by Crippen LogP contribution is -2.51. The molecule has 0 saturated carbocycles. The molecule has 0 radical (unpaired) electrons. The first-order chi connectivity index (χ1) is 15.3. The van der Waals surface area contributed by atoms with Gasteiger partial charge in [-0.1, -0.05) is 18.2 Å². The summed E-state index contributed by atoms with van der Waals surface area (Å²) in [5.41, 5.74) is 2.91. The van der Waals surface area contributed by atoms with Crippen molar-refractivity contribution in [3.05, 3.63) is 48.0 Å². The van der Waals surface area contributed by atoms with E-state index >= 15 is 0 Å². The predicted molar refractivity (Wildman–Crippen MR) is 118 cm³/mol. The summed E-state index contributed by atoms with van der Waals surface area (Å²) in [4.78, 5) is 15.7. The van der Waals surface area contributed by atoms with Gasteiger partial charge in [-0.15, -0.1) is 15.0 Å². The molecule has 1 aliphatic rings. The lowest BCUT2D eigenvalue weighted by molar-refractivity contribution is -0.134. The van der Waals surface area contributed by atoms with Gasteiger partial charge >= 0.3 is 0 Å². The van der Waals surface area contributed by atoms with Crippen molar-refractivity contribution in [3.8, 4) is 11.4 Å². The van der Waals surface area contributed by atoms with Gasteiger partial charge < -0.3 is 14.7 Å². The van der Waals surface area contributed by atoms with Gasteiger partial charge in [-0.05, 0) is 36.2 Å². The van der Waals surface area contributed by atoms with Crippen molar-refractivity contribution in [2.45, 2.75) is 6.42 Å². The number of fused-ring (bicyclic) bond motifs is 1. The average Bonchev–Trinajstić information content (AvgIpc) is 3.22. The van der Waals surface area contributed by atoms with Gasteiger partial charge in [0.25, 0.3) is 5.91 Å². The largest absolute Gasteiger partial charge is 0.481 e. The highest BCUT2D eigenvalue weighted by Gasteiger charge is 2.26. The summed E-state index contributed by atoms with van der Waals surface area (Å²) in [5, 5.41) is 18.3. The number of nitrogens with zero attached hydrogens (tertiary/aromatic N) is 5. The number of aromatic nitrogens is 3. The Morgan fingerprint density at radius 3 is 2.31 bits per heavy atom. The zero-order chi connectivity index (χ0) is 22.7. The van der Waals surface area contributed by atoms with E-state index in [1.54, 1.807) is 11.0 Å². The molecule has 11 heteroatoms. The zero-order valence-electron chi connectivity index (χ0n) is 17.7. The summed E-state index contributed by atoms with van der Waals surface area (Å²) in [6, 6.07) is 12.9. The Morgan fingerprint density at radius 2 is 1.72 bits per heavy atom. The van der Waals surface area contributed by atoms with Gasteiger partial charge in [0.2, 0.25) is 10.0 Å². The minimum Gasteiger partial charge on any atom is -0.481 e. The average molecular weight is 460 g/mol. The number of carbonyl (C=O) groups excluding carboxylic acids is 1. The molecule has 0 atom stereocenters. The van der Waals surface area contributed by atoms with Crippen LogP contribution in [0.25, 0.3) is 16.7 Å². The molecule has 10 nitrogen and oxygen atoms in total. The number of piperazine rings is 1. The van der Waals surface area contributed by atoms with Crippen molar-refractivity contribution in [2.75, 3.05) is 45.6 Å². The quantitative estimate of drug-likeness (QED) is 0.545. The third-order valence-corrected chi connectivity index (χ3v) is 6.64. The van der Waals surface area contributed by atoms with Crippen LogP contribution in [0.3, 0.4) is 0 Å². The maximum absolute atomic E-state index is 12.6. The first kappa shape index (κ1) is 22.2. The third kappa shape index (κ3) is 4.90. The summed E-state index contributed by atoms with van der Waals surface area (Å²) in [5.74, 6) is 0.220. The second-order valence-electron chi connectivity index (χ2n) is 7.59. The molecule has 1 aromatic heterocycles. The molecule has 2 heterocycles. The van der Waals surface area contributed by atoms with Crippen molar-refractivity contribution >= 4 is 27.0 Å². The van der Waals surface area contributed by atoms with Crippen LogP contribution in [-0.4, -0.2) is 89.3 Å². The van der Waals surface area contributed by atoms with Gasteiger partial charge in [-0.2, -0.15) is 4.31 Å². The van der Waals surface area contributed by atoms with E-state index in [4.69, 9.17) is 4.74 Å². The zero-order valence-corrected chi connectivity index (χ0v) is 18.5. The third-order valence-electron chi connectivity index (χ3n) is 5.34. The number of ether oxygens (including phenoxy) is 1. The number of amides is 1. The molecular weight excluding hydrogens is 434 g/mol. The summed E-state index contributed by atoms with van der Waals surface area (Å²) < 4.78 is 30.5. The highest BCUT2D eigenvalue weighted by atomic mass is 32.2. The Labute approximate surface area is 186 Å². The van der Waals surface area contributed by atoms with Gasteiger partial charge in [-0.3, -0.25) is 4.79 Å². The van der Waals surface area contributed by atoms with Crippen LogP contribution >= 0.6 is 0 Å². The van der Waals surface area contributed by atoms with E-state index in [2.05, 4.69) is 10.2 Å². The summed E-state index contributed by atoms with van der Waals surface area (Å²) in [7, 11) is -3.26. The molecule has 1 N–H and O–H groups in total. The van der Waals surface area contributed by atoms with Crippen LogP contribution in [0.2, 0.25) is 0 Å². The molecule has 0 aliphatic carbocycles. The van der Waals surface area contributed by atoms with Crippen molar-refractivity contribution in [1.29, 1.82) is 0 Å². The Kier molecular flexibility index (Phi) is 6.40. The van der Waals surface area contributed by atoms with E-state index in [0.29, 0.717) is 30.9 Å². The van der Waals surface area contributed by atoms with E-state index < -0.39 is 10.0 Å². The molecule has 32 heavy (non-hydrogen) atoms. The van der Waals surface area contributed by atoms with E-state index in [-0.39, 0.29) is 32.2 Å². The lowest BCUT2D eigenvalue weighted by Gasteiger charge is -2.33. The number of hydrogen-bond acceptors (Lipinski definition) is 7. The first-order valence-corrected chi connectivity index (χ1v) is 12.1. The normalized spacial score (nSPS) is 15.2. The van der Waals surface area contributed by atoms with E-state index in [1.165, 1.54) is 15.4 Å². The molecule has 2 aromatic carbocycles. The Bertz CT molecular complexity index is 1190. The summed E-state index contributed by atoms with van der Waals surface area (Å²) in [6.45, 7) is 1.01. The summed E-state index contributed by atoms with van der Waals surface area (Å²) in [6.07, 6.45) is 1.64. The molecule has 3 aromatic rings. The van der Waals surface area contributed by atoms with Crippen LogP contribution in [0.4, 0.5) is 0 Å². The highest BCUT2D eigenvalue weighted by Crippen LogP contribution is 2.25. The van der Waals surface area contributed by atoms with Crippen molar-refractivity contribution in [3.63, 3.8) is 0 Å². The summed E-state index contributed by atoms with van der Waals surface area (Å²) >= 11 is 0. The number of hydrogen-bond donors (Lipinski definition) is 1. The fourth-order valence-electron chi connectivity index (χ4n) is 3.59. The van der Waals surface area contributed by atoms with E-state index in [1.807, 2.05) is 36.4 Å². The van der Waals surface area contributed by atoms with Crippen LogP contribution in [0.15, 0.2) is 42.5 Å². The van der Waals surface area contributed by atoms with Crippen LogP contribution in [0.5, 0.6) is 5.75 Å². The lowest BCUT2D eigenvalue weighted by atomic mass is 10.1. The molecule has 1 aliphatic heterocycles. The molecule has 1 fully saturated rings. The molecule has 170 valence electrons. The Balaban J connectivity index is 1.50. The monoisotopic (exact) mass is 459 g/mol. The molecule has 0 bridgehead atoms. The maximum atomic E-state index is 12.6. The van der Waals surface area contributed by atoms with Crippen LogP contribution < -0.4 is 4.74 Å². The second-order valence-corrected chi connectivity index (χ2v) is 9.57. The topological polar surface area (TPSA) is 118 Å². The minimum atomic E-state index is -3.26. The standard InChI is InChI=1S/C21H25N5O5S/c1-32(29,30)25-11-9-24(10-12-25)21(28)15-31-20-7-6-16(8-13-27)14-19(20)26-22-17-4-2-3-5-18(17)23-26/h2-7,14,27H,8-13,15H2,1H3. The molecule has 1 saturated heterocycles. The SMILES string of the molecule is CS(=O)(=O)N1CCN(C(=O)COc2ccc(CCO)cc2-n2nc3ccccc3n2)CC1. The minimum absolute atomic E-state index is 0.00605. The van der Waals surface area contributed by atoms with E-state index in [0.717, 1.165) is 16.6 Å². The maximum Gasteiger partial charge on any atom is 0.260 e. The fourth-order valence-corrected chi connectivity index (χ4v) is 4.42. The number of aliphatic hydroxyl groups is 1. The smallest absolute Gasteiger partial charge is 0.260 e. The second kappa shape index (κ2) is 9.23. The van der Waals surface area contributed by atoms with Crippen molar-refractivity contribution in [1.82, 2.24) is 24.2 Å². The highest BCUT2D eigenvalue weighted by molar-refractivity contribution is 7.88. The molecule has 0 unspecified atom stereocenters. The van der Waals surface area contributed by atoms with Gasteiger partial charge in [0.15, 0.2) is 6.61 Å². The van der Waals surface area contributed by atoms with Gasteiger partial charge in [0.05, 0.1) is 6.26 Å². The van der Waals surface area contributed by atoms with Crippen LogP contribution in [-0.2, 0) is 21.2 Å². The number of carbonyl (C=O) groups is 1. The predicted octanol–water partition coefficient (Wildman–Crippen LogP) is 0.438. The molecule has 1 amide bonds. The number of rotatable bonds is 7. The number of benzene rings is 2. The first-order valence-electron chi connectivity index (χ1n) is 10.3. The fraction of sp³-hybridized carbons (Fsp3) is 0.381. The molecular formula is C21H25N5O5S. The Morgan fingerprint density at radius 1 is 1.06 bits per heavy atom. The number of aliphatic hydroxyl groups excluding tert-OH is 1. The van der Waals surface area contributed by atoms with Gasteiger partial charge in [0, 0.05) is 32.8 Å². The number of sulfonamides is 1.